The summed E-state index contributed by atoms with van der Waals surface area (Å²) < 4.78 is 2.73. The molecule has 0 atom stereocenters. The number of H-pyrrole nitrogens is 1. The van der Waals surface area contributed by atoms with E-state index in [1.807, 2.05) is 24.3 Å². The van der Waals surface area contributed by atoms with Crippen LogP contribution in [0.2, 0.25) is 5.28 Å². The Kier molecular flexibility index (Phi) is 2.91. The minimum Gasteiger partial charge on any atom is -0.312 e. The van der Waals surface area contributed by atoms with Gasteiger partial charge in [-0.15, -0.1) is 0 Å². The maximum atomic E-state index is 11.8. The number of hydrogen-bond acceptors (Lipinski definition) is 3. The zero-order valence-corrected chi connectivity index (χ0v) is 12.2. The molecule has 7 heteroatoms. The molecule has 0 fully saturated rings. The van der Waals surface area contributed by atoms with E-state index < -0.39 is 0 Å². The highest BCUT2D eigenvalue weighted by atomic mass is 79.9. The van der Waals surface area contributed by atoms with E-state index in [9.17, 15) is 4.79 Å². The second kappa shape index (κ2) is 4.47. The molecule has 3 aromatic rings. The van der Waals surface area contributed by atoms with E-state index in [2.05, 4.69) is 30.9 Å². The average Bonchev–Trinajstić information content (AvgIpc) is 2.69. The number of aromatic amines is 1. The van der Waals surface area contributed by atoms with Crippen LogP contribution in [0.3, 0.4) is 0 Å². The maximum Gasteiger partial charge on any atom is 0.280 e. The van der Waals surface area contributed by atoms with Gasteiger partial charge in [0.05, 0.1) is 0 Å². The predicted octanol–water partition coefficient (Wildman–Crippen LogP) is 2.74. The van der Waals surface area contributed by atoms with E-state index in [4.69, 9.17) is 11.6 Å². The Labute approximate surface area is 121 Å². The molecule has 2 heterocycles. The van der Waals surface area contributed by atoms with E-state index in [1.54, 1.807) is 11.6 Å². The van der Waals surface area contributed by atoms with Gasteiger partial charge in [-0.2, -0.15) is 4.98 Å². The van der Waals surface area contributed by atoms with Crippen molar-refractivity contribution in [2.24, 2.45) is 7.05 Å². The monoisotopic (exact) mass is 338 g/mol. The SMILES string of the molecule is Cn1c(-c2ccc(Br)cc2)nc2c(=O)[nH]c(Cl)nc21. The first-order valence-corrected chi connectivity index (χ1v) is 6.61. The van der Waals surface area contributed by atoms with Gasteiger partial charge in [0.15, 0.2) is 11.2 Å². The molecule has 0 spiro atoms. The van der Waals surface area contributed by atoms with Crippen LogP contribution in [-0.4, -0.2) is 19.5 Å². The van der Waals surface area contributed by atoms with Gasteiger partial charge < -0.3 is 4.57 Å². The van der Waals surface area contributed by atoms with Crippen molar-refractivity contribution >= 4 is 38.7 Å². The molecule has 5 nitrogen and oxygen atoms in total. The highest BCUT2D eigenvalue weighted by Crippen LogP contribution is 2.23. The Hall–Kier alpha value is -1.66. The molecule has 96 valence electrons. The highest BCUT2D eigenvalue weighted by Gasteiger charge is 2.14. The smallest absolute Gasteiger partial charge is 0.280 e. The molecule has 1 aromatic carbocycles. The summed E-state index contributed by atoms with van der Waals surface area (Å²) in [5.74, 6) is 0.669. The van der Waals surface area contributed by atoms with Gasteiger partial charge in [-0.1, -0.05) is 28.1 Å². The van der Waals surface area contributed by atoms with Crippen molar-refractivity contribution in [2.45, 2.75) is 0 Å². The van der Waals surface area contributed by atoms with Crippen LogP contribution >= 0.6 is 27.5 Å². The van der Waals surface area contributed by atoms with Crippen LogP contribution in [0.25, 0.3) is 22.6 Å². The summed E-state index contributed by atoms with van der Waals surface area (Å²) in [5.41, 5.74) is 1.31. The number of halogens is 2. The lowest BCUT2D eigenvalue weighted by atomic mass is 10.2. The molecule has 0 aliphatic carbocycles. The number of fused-ring (bicyclic) bond motifs is 1. The Morgan fingerprint density at radius 1 is 1.26 bits per heavy atom. The summed E-state index contributed by atoms with van der Waals surface area (Å²) in [6.45, 7) is 0. The summed E-state index contributed by atoms with van der Waals surface area (Å²) >= 11 is 9.14. The van der Waals surface area contributed by atoms with Crippen LogP contribution in [0.4, 0.5) is 0 Å². The van der Waals surface area contributed by atoms with Crippen molar-refractivity contribution < 1.29 is 0 Å². The molecule has 0 aliphatic heterocycles. The van der Waals surface area contributed by atoms with Crippen LogP contribution in [0.1, 0.15) is 0 Å². The number of nitrogens with one attached hydrogen (secondary N) is 1. The van der Waals surface area contributed by atoms with Crippen LogP contribution < -0.4 is 5.56 Å². The molecule has 0 aliphatic rings. The molecule has 0 amide bonds. The van der Waals surface area contributed by atoms with Crippen molar-refractivity contribution in [3.63, 3.8) is 0 Å². The molecule has 0 unspecified atom stereocenters. The first-order chi connectivity index (χ1) is 9.06. The molecular weight excluding hydrogens is 332 g/mol. The lowest BCUT2D eigenvalue weighted by molar-refractivity contribution is 0.938. The average molecular weight is 340 g/mol. The third kappa shape index (κ3) is 2.06. The van der Waals surface area contributed by atoms with Crippen LogP contribution in [-0.2, 0) is 7.05 Å². The molecule has 2 aromatic heterocycles. The third-order valence-electron chi connectivity index (χ3n) is 2.80. The summed E-state index contributed by atoms with van der Waals surface area (Å²) in [7, 11) is 1.80. The minimum atomic E-state index is -0.339. The number of aryl methyl sites for hydroxylation is 1. The second-order valence-electron chi connectivity index (χ2n) is 4.03. The number of imidazole rings is 1. The molecule has 0 saturated carbocycles. The van der Waals surface area contributed by atoms with Gasteiger partial charge in [-0.3, -0.25) is 9.78 Å². The van der Waals surface area contributed by atoms with E-state index in [1.165, 1.54) is 0 Å². The Bertz CT molecular complexity index is 822. The van der Waals surface area contributed by atoms with E-state index in [0.717, 1.165) is 10.0 Å². The second-order valence-corrected chi connectivity index (χ2v) is 5.30. The van der Waals surface area contributed by atoms with Gasteiger partial charge in [0.25, 0.3) is 5.56 Å². The highest BCUT2D eigenvalue weighted by molar-refractivity contribution is 9.10. The van der Waals surface area contributed by atoms with Crippen molar-refractivity contribution in [3.8, 4) is 11.4 Å². The van der Waals surface area contributed by atoms with E-state index >= 15 is 0 Å². The lowest BCUT2D eigenvalue weighted by Crippen LogP contribution is -2.08. The van der Waals surface area contributed by atoms with E-state index in [0.29, 0.717) is 11.5 Å². The fourth-order valence-corrected chi connectivity index (χ4v) is 2.33. The van der Waals surface area contributed by atoms with Crippen LogP contribution in [0, 0.1) is 0 Å². The molecule has 0 saturated heterocycles. The topological polar surface area (TPSA) is 63.6 Å². The molecule has 19 heavy (non-hydrogen) atoms. The van der Waals surface area contributed by atoms with Crippen LogP contribution in [0.15, 0.2) is 33.5 Å². The van der Waals surface area contributed by atoms with Crippen molar-refractivity contribution in [1.29, 1.82) is 0 Å². The first kappa shape index (κ1) is 12.4. The van der Waals surface area contributed by atoms with Crippen molar-refractivity contribution in [2.75, 3.05) is 0 Å². The predicted molar refractivity (Wildman–Crippen MR) is 77.3 cm³/mol. The number of nitrogens with zero attached hydrogens (tertiary/aromatic N) is 3. The fraction of sp³-hybridized carbons (Fsp3) is 0.0833. The van der Waals surface area contributed by atoms with Gasteiger partial charge in [0.1, 0.15) is 5.82 Å². The van der Waals surface area contributed by atoms with Gasteiger partial charge in [0, 0.05) is 17.1 Å². The Balaban J connectivity index is 2.31. The van der Waals surface area contributed by atoms with Crippen LogP contribution in [0.5, 0.6) is 0 Å². The van der Waals surface area contributed by atoms with Crippen molar-refractivity contribution in [3.05, 3.63) is 44.4 Å². The quantitative estimate of drug-likeness (QED) is 0.693. The lowest BCUT2D eigenvalue weighted by Gasteiger charge is -2.01. The molecule has 3 rings (SSSR count). The Morgan fingerprint density at radius 3 is 2.63 bits per heavy atom. The Morgan fingerprint density at radius 2 is 1.95 bits per heavy atom. The summed E-state index contributed by atoms with van der Waals surface area (Å²) in [6, 6.07) is 7.67. The maximum absolute atomic E-state index is 11.8. The number of rotatable bonds is 1. The standard InChI is InChI=1S/C12H8BrClN4O/c1-18-9(6-2-4-7(13)5-3-6)15-8-10(18)16-12(14)17-11(8)19/h2-5H,1H3,(H,16,17,19). The normalized spacial score (nSPS) is 11.1. The van der Waals surface area contributed by atoms with Gasteiger partial charge in [0.2, 0.25) is 5.28 Å². The summed E-state index contributed by atoms with van der Waals surface area (Å²) in [6.07, 6.45) is 0. The number of aromatic nitrogens is 4. The van der Waals surface area contributed by atoms with Gasteiger partial charge in [-0.05, 0) is 23.7 Å². The van der Waals surface area contributed by atoms with Crippen molar-refractivity contribution in [1.82, 2.24) is 19.5 Å². The number of benzene rings is 1. The van der Waals surface area contributed by atoms with Gasteiger partial charge in [-0.25, -0.2) is 4.98 Å². The fourth-order valence-electron chi connectivity index (χ4n) is 1.90. The largest absolute Gasteiger partial charge is 0.312 e. The zero-order valence-electron chi connectivity index (χ0n) is 9.82. The first-order valence-electron chi connectivity index (χ1n) is 5.44. The summed E-state index contributed by atoms with van der Waals surface area (Å²) in [5, 5.41) is 0.0582. The van der Waals surface area contributed by atoms with Gasteiger partial charge >= 0.3 is 0 Å². The zero-order chi connectivity index (χ0) is 13.6. The molecule has 0 radical (unpaired) electrons. The van der Waals surface area contributed by atoms with E-state index in [-0.39, 0.29) is 16.4 Å². The summed E-state index contributed by atoms with van der Waals surface area (Å²) in [4.78, 5) is 22.7. The minimum absolute atomic E-state index is 0.0582. The number of hydrogen-bond donors (Lipinski definition) is 1. The molecule has 1 N–H and O–H groups in total. The molecule has 0 bridgehead atoms. The third-order valence-corrected chi connectivity index (χ3v) is 3.51. The molecular formula is C12H8BrClN4O.